The maximum absolute atomic E-state index is 11.5. The average Bonchev–Trinajstić information content (AvgIpc) is 2.64. The molecule has 0 radical (unpaired) electrons. The molecule has 0 fully saturated rings. The summed E-state index contributed by atoms with van der Waals surface area (Å²) in [4.78, 5) is 11.5. The number of carbonyl (C=O) groups is 1. The van der Waals surface area contributed by atoms with Crippen molar-refractivity contribution >= 4 is 5.91 Å². The van der Waals surface area contributed by atoms with E-state index in [2.05, 4.69) is 22.6 Å². The highest BCUT2D eigenvalue weighted by Crippen LogP contribution is 2.02. The molecule has 1 aromatic heterocycles. The van der Waals surface area contributed by atoms with Gasteiger partial charge in [0, 0.05) is 12.2 Å². The maximum Gasteiger partial charge on any atom is 0.241 e. The molecule has 0 atom stereocenters. The molecule has 1 heterocycles. The summed E-state index contributed by atoms with van der Waals surface area (Å²) in [7, 11) is 0. The van der Waals surface area contributed by atoms with E-state index in [4.69, 9.17) is 0 Å². The van der Waals surface area contributed by atoms with E-state index in [1.165, 1.54) is 12.8 Å². The van der Waals surface area contributed by atoms with E-state index < -0.39 is 0 Å². The Bertz CT molecular complexity index is 346. The average molecular weight is 238 g/mol. The highest BCUT2D eigenvalue weighted by molar-refractivity contribution is 5.75. The number of nitrogens with zero attached hydrogens (tertiary/aromatic N) is 3. The van der Waals surface area contributed by atoms with Crippen molar-refractivity contribution in [3.8, 4) is 0 Å². The van der Waals surface area contributed by atoms with Crippen LogP contribution in [0, 0.1) is 0 Å². The first-order valence-corrected chi connectivity index (χ1v) is 6.30. The summed E-state index contributed by atoms with van der Waals surface area (Å²) in [6, 6.07) is 0.162. The molecule has 0 aromatic carbocycles. The predicted octanol–water partition coefficient (Wildman–Crippen LogP) is 1.54. The highest BCUT2D eigenvalue weighted by Gasteiger charge is 2.06. The van der Waals surface area contributed by atoms with Crippen molar-refractivity contribution in [1.29, 1.82) is 0 Å². The van der Waals surface area contributed by atoms with E-state index in [-0.39, 0.29) is 18.5 Å². The first-order valence-electron chi connectivity index (χ1n) is 6.30. The topological polar surface area (TPSA) is 59.8 Å². The minimum Gasteiger partial charge on any atom is -0.352 e. The molecule has 1 N–H and O–H groups in total. The lowest BCUT2D eigenvalue weighted by Crippen LogP contribution is -2.33. The van der Waals surface area contributed by atoms with Crippen LogP contribution < -0.4 is 5.32 Å². The molecule has 5 heteroatoms. The van der Waals surface area contributed by atoms with Crippen LogP contribution in [0.15, 0.2) is 6.20 Å². The third kappa shape index (κ3) is 5.47. The Kier molecular flexibility index (Phi) is 5.66. The number of hydrogen-bond donors (Lipinski definition) is 1. The van der Waals surface area contributed by atoms with Gasteiger partial charge in [-0.15, -0.1) is 5.10 Å². The monoisotopic (exact) mass is 238 g/mol. The van der Waals surface area contributed by atoms with E-state index in [9.17, 15) is 4.79 Å². The van der Waals surface area contributed by atoms with Crippen LogP contribution in [0.25, 0.3) is 0 Å². The third-order valence-corrected chi connectivity index (χ3v) is 2.38. The molecule has 1 rings (SSSR count). The lowest BCUT2D eigenvalue weighted by molar-refractivity contribution is -0.122. The Hall–Kier alpha value is -1.39. The lowest BCUT2D eigenvalue weighted by Gasteiger charge is -2.07. The van der Waals surface area contributed by atoms with Gasteiger partial charge >= 0.3 is 0 Å². The van der Waals surface area contributed by atoms with Crippen LogP contribution in [-0.4, -0.2) is 26.9 Å². The second-order valence-corrected chi connectivity index (χ2v) is 4.59. The Morgan fingerprint density at radius 3 is 2.88 bits per heavy atom. The number of amides is 1. The van der Waals surface area contributed by atoms with Gasteiger partial charge in [0.2, 0.25) is 5.91 Å². The molecular formula is C12H22N4O. The molecule has 0 spiro atoms. The van der Waals surface area contributed by atoms with Gasteiger partial charge in [0.15, 0.2) is 0 Å². The SMILES string of the molecule is CCCCCc1cn(CC(=O)NC(C)C)nn1. The molecule has 96 valence electrons. The van der Waals surface area contributed by atoms with E-state index in [1.807, 2.05) is 20.0 Å². The van der Waals surface area contributed by atoms with E-state index in [0.29, 0.717) is 0 Å². The van der Waals surface area contributed by atoms with Crippen LogP contribution in [0.1, 0.15) is 45.7 Å². The van der Waals surface area contributed by atoms with Crippen LogP contribution in [0.5, 0.6) is 0 Å². The molecule has 0 unspecified atom stereocenters. The normalized spacial score (nSPS) is 10.8. The predicted molar refractivity (Wildman–Crippen MR) is 66.5 cm³/mol. The largest absolute Gasteiger partial charge is 0.352 e. The van der Waals surface area contributed by atoms with E-state index in [1.54, 1.807) is 4.68 Å². The van der Waals surface area contributed by atoms with Crippen LogP contribution in [-0.2, 0) is 17.8 Å². The number of rotatable bonds is 7. The van der Waals surface area contributed by atoms with Crippen molar-refractivity contribution in [3.63, 3.8) is 0 Å². The fraction of sp³-hybridized carbons (Fsp3) is 0.750. The summed E-state index contributed by atoms with van der Waals surface area (Å²) in [5.74, 6) is -0.0231. The fourth-order valence-corrected chi connectivity index (χ4v) is 1.60. The molecule has 0 bridgehead atoms. The highest BCUT2D eigenvalue weighted by atomic mass is 16.2. The van der Waals surface area contributed by atoms with Gasteiger partial charge in [-0.1, -0.05) is 25.0 Å². The van der Waals surface area contributed by atoms with Gasteiger partial charge in [0.25, 0.3) is 0 Å². The standard InChI is InChI=1S/C12H22N4O/c1-4-5-6-7-11-8-16(15-14-11)9-12(17)13-10(2)3/h8,10H,4-7,9H2,1-3H3,(H,13,17). The van der Waals surface area contributed by atoms with Crippen LogP contribution >= 0.6 is 0 Å². The summed E-state index contributed by atoms with van der Waals surface area (Å²) in [5, 5.41) is 10.8. The van der Waals surface area contributed by atoms with Gasteiger partial charge in [-0.05, 0) is 26.7 Å². The zero-order chi connectivity index (χ0) is 12.7. The van der Waals surface area contributed by atoms with E-state index >= 15 is 0 Å². The number of aromatic nitrogens is 3. The number of nitrogens with one attached hydrogen (secondary N) is 1. The zero-order valence-electron chi connectivity index (χ0n) is 10.9. The molecule has 1 aromatic rings. The second kappa shape index (κ2) is 7.04. The summed E-state index contributed by atoms with van der Waals surface area (Å²) >= 11 is 0. The van der Waals surface area contributed by atoms with Gasteiger partial charge in [-0.2, -0.15) is 0 Å². The van der Waals surface area contributed by atoms with Crippen LogP contribution in [0.3, 0.4) is 0 Å². The van der Waals surface area contributed by atoms with E-state index in [0.717, 1.165) is 18.5 Å². The quantitative estimate of drug-likeness (QED) is 0.733. The Balaban J connectivity index is 2.37. The van der Waals surface area contributed by atoms with Crippen molar-refractivity contribution in [2.75, 3.05) is 0 Å². The number of aryl methyl sites for hydroxylation is 1. The Morgan fingerprint density at radius 1 is 1.47 bits per heavy atom. The van der Waals surface area contributed by atoms with Gasteiger partial charge in [0.05, 0.1) is 5.69 Å². The molecule has 5 nitrogen and oxygen atoms in total. The van der Waals surface area contributed by atoms with Gasteiger partial charge in [0.1, 0.15) is 6.54 Å². The van der Waals surface area contributed by atoms with Gasteiger partial charge in [-0.3, -0.25) is 4.79 Å². The first-order chi connectivity index (χ1) is 8.11. The summed E-state index contributed by atoms with van der Waals surface area (Å²) < 4.78 is 1.60. The van der Waals surface area contributed by atoms with Crippen LogP contribution in [0.4, 0.5) is 0 Å². The summed E-state index contributed by atoms with van der Waals surface area (Å²) in [5.41, 5.74) is 0.968. The molecule has 0 saturated heterocycles. The van der Waals surface area contributed by atoms with Crippen molar-refractivity contribution in [3.05, 3.63) is 11.9 Å². The zero-order valence-corrected chi connectivity index (χ0v) is 10.9. The van der Waals surface area contributed by atoms with Crippen molar-refractivity contribution in [2.45, 2.75) is 59.0 Å². The molecule has 0 aliphatic carbocycles. The minimum atomic E-state index is -0.0231. The third-order valence-electron chi connectivity index (χ3n) is 2.38. The molecule has 17 heavy (non-hydrogen) atoms. The van der Waals surface area contributed by atoms with Crippen molar-refractivity contribution in [2.24, 2.45) is 0 Å². The molecular weight excluding hydrogens is 216 g/mol. The second-order valence-electron chi connectivity index (χ2n) is 4.59. The lowest BCUT2D eigenvalue weighted by atomic mass is 10.2. The summed E-state index contributed by atoms with van der Waals surface area (Å²) in [6.07, 6.45) is 6.34. The molecule has 1 amide bonds. The van der Waals surface area contributed by atoms with Gasteiger partial charge in [-0.25, -0.2) is 4.68 Å². The molecule has 0 aliphatic rings. The minimum absolute atomic E-state index is 0.0231. The van der Waals surface area contributed by atoms with Crippen molar-refractivity contribution in [1.82, 2.24) is 20.3 Å². The maximum atomic E-state index is 11.5. The Labute approximate surface area is 103 Å². The smallest absolute Gasteiger partial charge is 0.241 e. The molecule has 0 saturated carbocycles. The van der Waals surface area contributed by atoms with Crippen LogP contribution in [0.2, 0.25) is 0 Å². The van der Waals surface area contributed by atoms with Crippen molar-refractivity contribution < 1.29 is 4.79 Å². The summed E-state index contributed by atoms with van der Waals surface area (Å²) in [6.45, 7) is 6.30. The number of unbranched alkanes of at least 4 members (excludes halogenated alkanes) is 2. The fourth-order valence-electron chi connectivity index (χ4n) is 1.60. The Morgan fingerprint density at radius 2 is 2.24 bits per heavy atom. The number of hydrogen-bond acceptors (Lipinski definition) is 3. The number of carbonyl (C=O) groups excluding carboxylic acids is 1. The molecule has 0 aliphatic heterocycles. The van der Waals surface area contributed by atoms with Gasteiger partial charge < -0.3 is 5.32 Å². The first kappa shape index (κ1) is 13.7.